The van der Waals surface area contributed by atoms with E-state index in [0.717, 1.165) is 22.4 Å². The summed E-state index contributed by atoms with van der Waals surface area (Å²) in [4.78, 5) is 18.2. The first-order valence-electron chi connectivity index (χ1n) is 8.24. The van der Waals surface area contributed by atoms with Crippen LogP contribution in [-0.2, 0) is 6.54 Å². The molecular formula is C19H22N2O3S. The summed E-state index contributed by atoms with van der Waals surface area (Å²) in [6.07, 6.45) is 2.60. The van der Waals surface area contributed by atoms with Crippen LogP contribution >= 0.6 is 11.3 Å². The van der Waals surface area contributed by atoms with E-state index in [1.165, 1.54) is 11.3 Å². The van der Waals surface area contributed by atoms with Gasteiger partial charge in [-0.05, 0) is 30.0 Å². The molecule has 2 aromatic heterocycles. The van der Waals surface area contributed by atoms with E-state index < -0.39 is 0 Å². The molecule has 0 aliphatic carbocycles. The first-order chi connectivity index (χ1) is 12.0. The number of aryl methyl sites for hydroxylation is 1. The lowest BCUT2D eigenvalue weighted by atomic mass is 10.1. The third-order valence-electron chi connectivity index (χ3n) is 4.20. The Bertz CT molecular complexity index is 943. The minimum Gasteiger partial charge on any atom is -0.493 e. The number of benzene rings is 1. The number of ether oxygens (including phenoxy) is 2. The molecular weight excluding hydrogens is 336 g/mol. The second kappa shape index (κ2) is 7.27. The fourth-order valence-electron chi connectivity index (χ4n) is 2.74. The molecule has 0 unspecified atom stereocenters. The van der Waals surface area contributed by atoms with Crippen molar-refractivity contribution < 1.29 is 9.47 Å². The van der Waals surface area contributed by atoms with Gasteiger partial charge in [0.25, 0.3) is 5.56 Å². The third-order valence-corrected chi connectivity index (χ3v) is 5.09. The summed E-state index contributed by atoms with van der Waals surface area (Å²) < 4.78 is 12.4. The Hall–Kier alpha value is -2.34. The topological polar surface area (TPSA) is 53.4 Å². The normalized spacial score (nSPS) is 11.2. The molecule has 1 aromatic carbocycles. The van der Waals surface area contributed by atoms with Crippen molar-refractivity contribution in [3.63, 3.8) is 0 Å². The average Bonchev–Trinajstić information content (AvgIpc) is 3.05. The van der Waals surface area contributed by atoms with E-state index in [4.69, 9.17) is 9.47 Å². The average molecular weight is 358 g/mol. The number of thiophene rings is 1. The van der Waals surface area contributed by atoms with Crippen molar-refractivity contribution >= 4 is 21.6 Å². The quantitative estimate of drug-likeness (QED) is 0.663. The number of hydrogen-bond donors (Lipinski definition) is 0. The number of hydrogen-bond acceptors (Lipinski definition) is 5. The molecule has 0 saturated carbocycles. The van der Waals surface area contributed by atoms with Gasteiger partial charge in [0.15, 0.2) is 11.5 Å². The number of rotatable bonds is 6. The number of methoxy groups -OCH3 is 2. The largest absolute Gasteiger partial charge is 0.493 e. The summed E-state index contributed by atoms with van der Waals surface area (Å²) in [5, 5.41) is 2.65. The van der Waals surface area contributed by atoms with Gasteiger partial charge in [0.1, 0.15) is 4.83 Å². The Kier molecular flexibility index (Phi) is 5.08. The van der Waals surface area contributed by atoms with Gasteiger partial charge in [-0.2, -0.15) is 0 Å². The van der Waals surface area contributed by atoms with Crippen LogP contribution in [0.2, 0.25) is 0 Å². The van der Waals surface area contributed by atoms with Gasteiger partial charge in [-0.15, -0.1) is 11.3 Å². The van der Waals surface area contributed by atoms with Crippen molar-refractivity contribution in [2.45, 2.75) is 26.8 Å². The molecule has 3 rings (SSSR count). The highest BCUT2D eigenvalue weighted by Crippen LogP contribution is 2.36. The van der Waals surface area contributed by atoms with Crippen LogP contribution in [0.4, 0.5) is 0 Å². The second-order valence-corrected chi connectivity index (χ2v) is 7.18. The van der Waals surface area contributed by atoms with Crippen molar-refractivity contribution in [2.24, 2.45) is 5.92 Å². The minimum atomic E-state index is 0.0108. The summed E-state index contributed by atoms with van der Waals surface area (Å²) >= 11 is 1.48. The molecule has 0 saturated heterocycles. The smallest absolute Gasteiger partial charge is 0.262 e. The molecule has 6 heteroatoms. The molecule has 0 radical (unpaired) electrons. The van der Waals surface area contributed by atoms with Crippen LogP contribution in [0.25, 0.3) is 21.3 Å². The van der Waals surface area contributed by atoms with Gasteiger partial charge in [-0.1, -0.05) is 19.9 Å². The molecule has 0 bridgehead atoms. The minimum absolute atomic E-state index is 0.0108. The molecule has 0 aliphatic heterocycles. The van der Waals surface area contributed by atoms with E-state index in [1.807, 2.05) is 23.6 Å². The van der Waals surface area contributed by atoms with Gasteiger partial charge in [0.2, 0.25) is 0 Å². The summed E-state index contributed by atoms with van der Waals surface area (Å²) in [6.45, 7) is 4.98. The second-order valence-electron chi connectivity index (χ2n) is 6.32. The van der Waals surface area contributed by atoms with Crippen LogP contribution in [0, 0.1) is 5.92 Å². The van der Waals surface area contributed by atoms with Gasteiger partial charge in [0, 0.05) is 17.5 Å². The van der Waals surface area contributed by atoms with Crippen molar-refractivity contribution in [3.05, 3.63) is 40.3 Å². The molecule has 0 N–H and O–H groups in total. The maximum Gasteiger partial charge on any atom is 0.262 e. The van der Waals surface area contributed by atoms with Crippen LogP contribution in [-0.4, -0.2) is 23.8 Å². The Morgan fingerprint density at radius 3 is 2.64 bits per heavy atom. The lowest BCUT2D eigenvalue weighted by Gasteiger charge is -2.10. The molecule has 0 aliphatic rings. The molecule has 0 amide bonds. The van der Waals surface area contributed by atoms with Crippen molar-refractivity contribution in [1.29, 1.82) is 0 Å². The first kappa shape index (κ1) is 17.5. The Morgan fingerprint density at radius 2 is 1.96 bits per heavy atom. The molecule has 132 valence electrons. The van der Waals surface area contributed by atoms with Gasteiger partial charge in [-0.25, -0.2) is 4.98 Å². The lowest BCUT2D eigenvalue weighted by molar-refractivity contribution is 0.355. The molecule has 2 heterocycles. The SMILES string of the molecule is COc1ccc(-c2csc3ncn(CCC(C)C)c(=O)c23)cc1OC. The third kappa shape index (κ3) is 3.39. The Balaban J connectivity index is 2.11. The lowest BCUT2D eigenvalue weighted by Crippen LogP contribution is -2.21. The maximum atomic E-state index is 12.9. The maximum absolute atomic E-state index is 12.9. The summed E-state index contributed by atoms with van der Waals surface area (Å²) in [6, 6.07) is 5.68. The predicted molar refractivity (Wildman–Crippen MR) is 102 cm³/mol. The molecule has 0 spiro atoms. The number of nitrogens with zero attached hydrogens (tertiary/aromatic N) is 2. The zero-order chi connectivity index (χ0) is 18.0. The first-order valence-corrected chi connectivity index (χ1v) is 9.12. The highest BCUT2D eigenvalue weighted by atomic mass is 32.1. The highest BCUT2D eigenvalue weighted by molar-refractivity contribution is 7.17. The van der Waals surface area contributed by atoms with Gasteiger partial charge >= 0.3 is 0 Å². The van der Waals surface area contributed by atoms with E-state index in [1.54, 1.807) is 25.1 Å². The number of fused-ring (bicyclic) bond motifs is 1. The van der Waals surface area contributed by atoms with E-state index in [0.29, 0.717) is 29.3 Å². The van der Waals surface area contributed by atoms with Crippen LogP contribution in [0.5, 0.6) is 11.5 Å². The van der Waals surface area contributed by atoms with Crippen LogP contribution < -0.4 is 15.0 Å². The standard InChI is InChI=1S/C19H22N2O3S/c1-12(2)7-8-21-11-20-18-17(19(21)22)14(10-25-18)13-5-6-15(23-3)16(9-13)24-4/h5-6,9-12H,7-8H2,1-4H3. The Morgan fingerprint density at radius 1 is 1.20 bits per heavy atom. The summed E-state index contributed by atoms with van der Waals surface area (Å²) in [7, 11) is 3.21. The zero-order valence-corrected chi connectivity index (χ0v) is 15.7. The van der Waals surface area contributed by atoms with E-state index in [9.17, 15) is 4.79 Å². The van der Waals surface area contributed by atoms with Crippen LogP contribution in [0.1, 0.15) is 20.3 Å². The van der Waals surface area contributed by atoms with Crippen molar-refractivity contribution in [3.8, 4) is 22.6 Å². The summed E-state index contributed by atoms with van der Waals surface area (Å²) in [5.74, 6) is 1.84. The predicted octanol–water partition coefficient (Wildman–Crippen LogP) is 4.19. The molecule has 25 heavy (non-hydrogen) atoms. The number of aromatic nitrogens is 2. The molecule has 0 atom stereocenters. The fourth-order valence-corrected chi connectivity index (χ4v) is 3.65. The van der Waals surface area contributed by atoms with Gasteiger partial charge in [-0.3, -0.25) is 9.36 Å². The van der Waals surface area contributed by atoms with Crippen LogP contribution in [0.3, 0.4) is 0 Å². The van der Waals surface area contributed by atoms with Crippen molar-refractivity contribution in [1.82, 2.24) is 9.55 Å². The van der Waals surface area contributed by atoms with Crippen molar-refractivity contribution in [2.75, 3.05) is 14.2 Å². The Labute approximate surface area is 150 Å². The molecule has 0 fully saturated rings. The molecule has 3 aromatic rings. The fraction of sp³-hybridized carbons (Fsp3) is 0.368. The van der Waals surface area contributed by atoms with Gasteiger partial charge in [0.05, 0.1) is 25.9 Å². The van der Waals surface area contributed by atoms with E-state index in [2.05, 4.69) is 18.8 Å². The molecule has 5 nitrogen and oxygen atoms in total. The van der Waals surface area contributed by atoms with Gasteiger partial charge < -0.3 is 9.47 Å². The van der Waals surface area contributed by atoms with E-state index in [-0.39, 0.29) is 5.56 Å². The van der Waals surface area contributed by atoms with Crippen LogP contribution in [0.15, 0.2) is 34.7 Å². The summed E-state index contributed by atoms with van der Waals surface area (Å²) in [5.41, 5.74) is 1.82. The monoisotopic (exact) mass is 358 g/mol. The van der Waals surface area contributed by atoms with E-state index >= 15 is 0 Å². The zero-order valence-electron chi connectivity index (χ0n) is 14.9. The highest BCUT2D eigenvalue weighted by Gasteiger charge is 2.15.